The van der Waals surface area contributed by atoms with E-state index in [4.69, 9.17) is 0 Å². The quantitative estimate of drug-likeness (QED) is 0.923. The predicted molar refractivity (Wildman–Crippen MR) is 79.2 cm³/mol. The lowest BCUT2D eigenvalue weighted by atomic mass is 9.81. The molecule has 2 aromatic rings. The van der Waals surface area contributed by atoms with Crippen molar-refractivity contribution in [3.05, 3.63) is 23.7 Å². The Kier molecular flexibility index (Phi) is 2.54. The van der Waals surface area contributed by atoms with Crippen LogP contribution in [0.5, 0.6) is 0 Å². The highest BCUT2D eigenvalue weighted by atomic mass is 32.1. The molecule has 0 amide bonds. The topological polar surface area (TPSA) is 53.4 Å². The minimum Gasteiger partial charge on any atom is -0.481 e. The van der Waals surface area contributed by atoms with Crippen molar-refractivity contribution in [1.82, 2.24) is 4.98 Å². The normalized spacial score (nSPS) is 29.0. The molecule has 2 aliphatic rings. The predicted octanol–water partition coefficient (Wildman–Crippen LogP) is 2.99. The molecule has 5 heteroatoms. The highest BCUT2D eigenvalue weighted by molar-refractivity contribution is 7.17. The molecule has 2 atom stereocenters. The standard InChI is InChI=1S/C15H16N2O2S/c18-14(19)15-5-1-2-10(15)8-17(9-15)12-3-6-16-11-4-7-20-13(11)12/h3-4,6-7,10H,1-2,5,8-9H2,(H,18,19)/t10-,15+/m0/s1. The van der Waals surface area contributed by atoms with E-state index in [-0.39, 0.29) is 0 Å². The van der Waals surface area contributed by atoms with Gasteiger partial charge in [0.25, 0.3) is 0 Å². The van der Waals surface area contributed by atoms with Crippen LogP contribution in [0.25, 0.3) is 10.2 Å². The van der Waals surface area contributed by atoms with Crippen LogP contribution < -0.4 is 4.90 Å². The van der Waals surface area contributed by atoms with E-state index < -0.39 is 11.4 Å². The minimum absolute atomic E-state index is 0.295. The molecule has 1 aliphatic heterocycles. The minimum atomic E-state index is -0.612. The number of carboxylic acid groups (broad SMARTS) is 1. The summed E-state index contributed by atoms with van der Waals surface area (Å²) in [6, 6.07) is 4.04. The van der Waals surface area contributed by atoms with Gasteiger partial charge in [-0.2, -0.15) is 0 Å². The zero-order valence-corrected chi connectivity index (χ0v) is 11.9. The summed E-state index contributed by atoms with van der Waals surface area (Å²) in [5, 5.41) is 11.7. The average molecular weight is 288 g/mol. The van der Waals surface area contributed by atoms with Gasteiger partial charge in [-0.25, -0.2) is 0 Å². The van der Waals surface area contributed by atoms with Crippen LogP contribution in [0, 0.1) is 11.3 Å². The summed E-state index contributed by atoms with van der Waals surface area (Å²) in [5.74, 6) is -0.317. The van der Waals surface area contributed by atoms with Gasteiger partial charge in [0, 0.05) is 19.3 Å². The molecule has 3 heterocycles. The Hall–Kier alpha value is -1.62. The molecular weight excluding hydrogens is 272 g/mol. The van der Waals surface area contributed by atoms with Crippen molar-refractivity contribution >= 4 is 33.2 Å². The number of pyridine rings is 1. The molecule has 104 valence electrons. The second kappa shape index (κ2) is 4.19. The summed E-state index contributed by atoms with van der Waals surface area (Å²) >= 11 is 1.68. The van der Waals surface area contributed by atoms with Crippen LogP contribution in [0.2, 0.25) is 0 Å². The van der Waals surface area contributed by atoms with E-state index >= 15 is 0 Å². The molecule has 0 bridgehead atoms. The molecule has 0 radical (unpaired) electrons. The number of aromatic nitrogens is 1. The Morgan fingerprint density at radius 3 is 3.20 bits per heavy atom. The monoisotopic (exact) mass is 288 g/mol. The van der Waals surface area contributed by atoms with E-state index in [1.54, 1.807) is 11.3 Å². The Bertz CT molecular complexity index is 683. The summed E-state index contributed by atoms with van der Waals surface area (Å²) in [7, 11) is 0. The fourth-order valence-corrected chi connectivity index (χ4v) is 4.82. The molecule has 1 N–H and O–H groups in total. The molecular formula is C15H16N2O2S. The smallest absolute Gasteiger partial charge is 0.311 e. The van der Waals surface area contributed by atoms with E-state index in [9.17, 15) is 9.90 Å². The third-order valence-corrected chi connectivity index (χ3v) is 5.89. The summed E-state index contributed by atoms with van der Waals surface area (Å²) in [5.41, 5.74) is 1.64. The van der Waals surface area contributed by atoms with Crippen LogP contribution in [0.4, 0.5) is 5.69 Å². The highest BCUT2D eigenvalue weighted by Crippen LogP contribution is 2.50. The number of nitrogens with zero attached hydrogens (tertiary/aromatic N) is 2. The Morgan fingerprint density at radius 1 is 1.50 bits per heavy atom. The molecule has 0 aromatic carbocycles. The lowest BCUT2D eigenvalue weighted by molar-refractivity contribution is -0.149. The number of rotatable bonds is 2. The van der Waals surface area contributed by atoms with Crippen molar-refractivity contribution in [2.24, 2.45) is 11.3 Å². The Morgan fingerprint density at radius 2 is 2.40 bits per heavy atom. The molecule has 1 aliphatic carbocycles. The Labute approximate surface area is 121 Å². The maximum atomic E-state index is 11.8. The number of thiophene rings is 1. The summed E-state index contributed by atoms with van der Waals surface area (Å²) in [4.78, 5) is 18.4. The fourth-order valence-electron chi connectivity index (χ4n) is 3.93. The van der Waals surface area contributed by atoms with Crippen molar-refractivity contribution in [3.63, 3.8) is 0 Å². The second-order valence-electron chi connectivity index (χ2n) is 5.90. The number of carbonyl (C=O) groups is 1. The van der Waals surface area contributed by atoms with Crippen LogP contribution >= 0.6 is 11.3 Å². The lowest BCUT2D eigenvalue weighted by Gasteiger charge is -2.24. The number of hydrogen-bond acceptors (Lipinski definition) is 4. The molecule has 1 saturated carbocycles. The summed E-state index contributed by atoms with van der Waals surface area (Å²) in [6.45, 7) is 1.51. The molecule has 2 fully saturated rings. The van der Waals surface area contributed by atoms with Crippen molar-refractivity contribution in [1.29, 1.82) is 0 Å². The van der Waals surface area contributed by atoms with Gasteiger partial charge in [-0.3, -0.25) is 9.78 Å². The SMILES string of the molecule is O=C(O)[C@@]12CCC[C@H]1CN(c1ccnc3ccsc13)C2. The van der Waals surface area contributed by atoms with Gasteiger partial charge in [0.1, 0.15) is 0 Å². The maximum Gasteiger partial charge on any atom is 0.311 e. The van der Waals surface area contributed by atoms with Crippen LogP contribution in [0.15, 0.2) is 23.7 Å². The first-order valence-corrected chi connectivity index (χ1v) is 7.89. The zero-order valence-electron chi connectivity index (χ0n) is 11.1. The first-order valence-electron chi connectivity index (χ1n) is 7.01. The first kappa shape index (κ1) is 12.1. The maximum absolute atomic E-state index is 11.8. The van der Waals surface area contributed by atoms with Gasteiger partial charge in [-0.15, -0.1) is 11.3 Å². The van der Waals surface area contributed by atoms with Gasteiger partial charge in [0.05, 0.1) is 21.3 Å². The molecule has 4 rings (SSSR count). The first-order chi connectivity index (χ1) is 9.71. The number of aliphatic carboxylic acids is 1. The molecule has 1 saturated heterocycles. The van der Waals surface area contributed by atoms with E-state index in [2.05, 4.69) is 9.88 Å². The van der Waals surface area contributed by atoms with Crippen LogP contribution in [-0.4, -0.2) is 29.1 Å². The molecule has 4 nitrogen and oxygen atoms in total. The third-order valence-electron chi connectivity index (χ3n) is 4.96. The van der Waals surface area contributed by atoms with E-state index in [0.29, 0.717) is 12.5 Å². The van der Waals surface area contributed by atoms with Gasteiger partial charge >= 0.3 is 5.97 Å². The molecule has 2 aromatic heterocycles. The molecule has 0 spiro atoms. The lowest BCUT2D eigenvalue weighted by Crippen LogP contribution is -2.35. The van der Waals surface area contributed by atoms with Crippen LogP contribution in [0.3, 0.4) is 0 Å². The second-order valence-corrected chi connectivity index (χ2v) is 6.81. The van der Waals surface area contributed by atoms with Gasteiger partial charge in [-0.1, -0.05) is 6.42 Å². The van der Waals surface area contributed by atoms with Crippen molar-refractivity contribution in [3.8, 4) is 0 Å². The van der Waals surface area contributed by atoms with E-state index in [0.717, 1.165) is 37.0 Å². The van der Waals surface area contributed by atoms with E-state index in [1.807, 2.05) is 23.7 Å². The van der Waals surface area contributed by atoms with Crippen LogP contribution in [0.1, 0.15) is 19.3 Å². The van der Waals surface area contributed by atoms with E-state index in [1.165, 1.54) is 4.70 Å². The van der Waals surface area contributed by atoms with Gasteiger partial charge in [0.15, 0.2) is 0 Å². The van der Waals surface area contributed by atoms with Gasteiger partial charge in [0.2, 0.25) is 0 Å². The summed E-state index contributed by atoms with van der Waals surface area (Å²) in [6.07, 6.45) is 4.74. The van der Waals surface area contributed by atoms with Gasteiger partial charge < -0.3 is 10.0 Å². The average Bonchev–Trinajstić information content (AvgIpc) is 3.11. The number of anilines is 1. The summed E-state index contributed by atoms with van der Waals surface area (Å²) < 4.78 is 1.17. The van der Waals surface area contributed by atoms with Crippen LogP contribution in [-0.2, 0) is 4.79 Å². The Balaban J connectivity index is 1.75. The molecule has 0 unspecified atom stereocenters. The fraction of sp³-hybridized carbons (Fsp3) is 0.467. The number of hydrogen-bond donors (Lipinski definition) is 1. The highest BCUT2D eigenvalue weighted by Gasteiger charge is 2.55. The largest absolute Gasteiger partial charge is 0.481 e. The number of fused-ring (bicyclic) bond motifs is 2. The van der Waals surface area contributed by atoms with Crippen molar-refractivity contribution in [2.75, 3.05) is 18.0 Å². The van der Waals surface area contributed by atoms with Crippen molar-refractivity contribution < 1.29 is 9.90 Å². The number of carboxylic acids is 1. The van der Waals surface area contributed by atoms with Gasteiger partial charge in [-0.05, 0) is 36.3 Å². The van der Waals surface area contributed by atoms with Crippen molar-refractivity contribution in [2.45, 2.75) is 19.3 Å². The third kappa shape index (κ3) is 1.53. The zero-order chi connectivity index (χ0) is 13.7. The molecule has 20 heavy (non-hydrogen) atoms.